The maximum atomic E-state index is 10.9. The molecule has 1 N–H and O–H groups in total. The molecule has 1 atom stereocenters. The van der Waals surface area contributed by atoms with Crippen LogP contribution in [0, 0.1) is 11.8 Å². The van der Waals surface area contributed by atoms with Crippen molar-refractivity contribution in [2.75, 3.05) is 0 Å². The van der Waals surface area contributed by atoms with Crippen molar-refractivity contribution in [2.45, 2.75) is 18.4 Å². The number of benzene rings is 2. The molecule has 0 radical (unpaired) electrons. The van der Waals surface area contributed by atoms with E-state index in [0.29, 0.717) is 17.9 Å². The normalized spacial score (nSPS) is 12.9. The Morgan fingerprint density at radius 1 is 1.10 bits per heavy atom. The van der Waals surface area contributed by atoms with E-state index in [2.05, 4.69) is 18.4 Å². The molecule has 106 valence electrons. The highest BCUT2D eigenvalue weighted by molar-refractivity contribution is 6.30. The van der Waals surface area contributed by atoms with Crippen LogP contribution in [0.2, 0.25) is 5.02 Å². The molecule has 0 aliphatic carbocycles. The summed E-state index contributed by atoms with van der Waals surface area (Å²) in [6, 6.07) is 16.8. The molecule has 0 aliphatic rings. The Labute approximate surface area is 130 Å². The largest absolute Gasteiger partial charge is 0.373 e. The smallest absolute Gasteiger partial charge is 0.151 e. The van der Waals surface area contributed by atoms with E-state index < -0.39 is 5.60 Å². The van der Waals surface area contributed by atoms with E-state index >= 15 is 0 Å². The minimum absolute atomic E-state index is 0.498. The maximum absolute atomic E-state index is 10.9. The summed E-state index contributed by atoms with van der Waals surface area (Å²) in [4.78, 5) is 0. The summed E-state index contributed by atoms with van der Waals surface area (Å²) < 4.78 is 0. The molecule has 1 unspecified atom stereocenters. The molecule has 0 fully saturated rings. The molecule has 0 aromatic heterocycles. The van der Waals surface area contributed by atoms with Gasteiger partial charge in [-0.05, 0) is 42.7 Å². The van der Waals surface area contributed by atoms with Crippen LogP contribution in [0.5, 0.6) is 0 Å². The van der Waals surface area contributed by atoms with Gasteiger partial charge in [0.25, 0.3) is 0 Å². The third kappa shape index (κ3) is 4.23. The molecule has 0 bridgehead atoms. The second kappa shape index (κ2) is 7.13. The summed E-state index contributed by atoms with van der Waals surface area (Å²) in [7, 11) is 0. The fourth-order valence-electron chi connectivity index (χ4n) is 2.01. The van der Waals surface area contributed by atoms with Gasteiger partial charge in [-0.2, -0.15) is 0 Å². The molecular weight excluding hydrogens is 280 g/mol. The second-order valence-electron chi connectivity index (χ2n) is 4.81. The quantitative estimate of drug-likeness (QED) is 0.648. The highest BCUT2D eigenvalue weighted by Crippen LogP contribution is 2.27. The molecular formula is C19H17ClO. The van der Waals surface area contributed by atoms with Crippen LogP contribution in [0.25, 0.3) is 0 Å². The van der Waals surface area contributed by atoms with Crippen LogP contribution in [-0.4, -0.2) is 5.11 Å². The van der Waals surface area contributed by atoms with E-state index in [1.165, 1.54) is 0 Å². The van der Waals surface area contributed by atoms with Crippen LogP contribution in [-0.2, 0) is 5.60 Å². The Hall–Kier alpha value is -2.01. The first kappa shape index (κ1) is 15.4. The first-order valence-electron chi connectivity index (χ1n) is 6.81. The van der Waals surface area contributed by atoms with Gasteiger partial charge in [0.05, 0.1) is 0 Å². The minimum atomic E-state index is -1.20. The first-order valence-corrected chi connectivity index (χ1v) is 7.19. The van der Waals surface area contributed by atoms with Crippen molar-refractivity contribution in [3.63, 3.8) is 0 Å². The minimum Gasteiger partial charge on any atom is -0.373 e. The van der Waals surface area contributed by atoms with E-state index in [-0.39, 0.29) is 0 Å². The van der Waals surface area contributed by atoms with Gasteiger partial charge in [0.2, 0.25) is 0 Å². The molecule has 0 aliphatic heterocycles. The Balaban J connectivity index is 2.35. The van der Waals surface area contributed by atoms with Crippen molar-refractivity contribution in [3.05, 3.63) is 83.4 Å². The SMILES string of the molecule is C=CCCC(O)(C#Cc1ccccc1)c1ccc(Cl)cc1. The molecule has 21 heavy (non-hydrogen) atoms. The summed E-state index contributed by atoms with van der Waals surface area (Å²) in [5.74, 6) is 6.04. The number of rotatable bonds is 4. The lowest BCUT2D eigenvalue weighted by Crippen LogP contribution is -2.23. The zero-order valence-corrected chi connectivity index (χ0v) is 12.5. The average molecular weight is 297 g/mol. The van der Waals surface area contributed by atoms with Crippen LogP contribution in [0.4, 0.5) is 0 Å². The van der Waals surface area contributed by atoms with Crippen LogP contribution in [0.1, 0.15) is 24.0 Å². The van der Waals surface area contributed by atoms with Crippen molar-refractivity contribution in [2.24, 2.45) is 0 Å². The lowest BCUT2D eigenvalue weighted by Gasteiger charge is -2.22. The summed E-state index contributed by atoms with van der Waals surface area (Å²) in [5, 5.41) is 11.5. The molecule has 2 aromatic rings. The molecule has 0 amide bonds. The van der Waals surface area contributed by atoms with Gasteiger partial charge in [0.1, 0.15) is 0 Å². The van der Waals surface area contributed by atoms with Crippen LogP contribution in [0.15, 0.2) is 67.3 Å². The summed E-state index contributed by atoms with van der Waals surface area (Å²) in [5.41, 5.74) is 0.426. The van der Waals surface area contributed by atoms with Gasteiger partial charge in [0.15, 0.2) is 5.60 Å². The summed E-state index contributed by atoms with van der Waals surface area (Å²) >= 11 is 5.91. The third-order valence-electron chi connectivity index (χ3n) is 3.22. The van der Waals surface area contributed by atoms with Gasteiger partial charge in [-0.1, -0.05) is 59.8 Å². The van der Waals surface area contributed by atoms with Gasteiger partial charge in [-0.3, -0.25) is 0 Å². The van der Waals surface area contributed by atoms with E-state index in [1.54, 1.807) is 18.2 Å². The van der Waals surface area contributed by atoms with E-state index in [4.69, 9.17) is 11.6 Å². The van der Waals surface area contributed by atoms with Gasteiger partial charge >= 0.3 is 0 Å². The van der Waals surface area contributed by atoms with Crippen LogP contribution >= 0.6 is 11.6 Å². The molecule has 2 heteroatoms. The molecule has 0 saturated heterocycles. The summed E-state index contributed by atoms with van der Waals surface area (Å²) in [6.45, 7) is 3.71. The highest BCUT2D eigenvalue weighted by Gasteiger charge is 2.25. The maximum Gasteiger partial charge on any atom is 0.151 e. The number of allylic oxidation sites excluding steroid dienone is 1. The Kier molecular flexibility index (Phi) is 5.22. The fourth-order valence-corrected chi connectivity index (χ4v) is 2.14. The number of hydrogen-bond acceptors (Lipinski definition) is 1. The Bertz CT molecular complexity index is 649. The topological polar surface area (TPSA) is 20.2 Å². The average Bonchev–Trinajstić information content (AvgIpc) is 2.52. The monoisotopic (exact) mass is 296 g/mol. The molecule has 2 rings (SSSR count). The lowest BCUT2D eigenvalue weighted by atomic mass is 9.89. The Morgan fingerprint density at radius 2 is 1.76 bits per heavy atom. The van der Waals surface area contributed by atoms with Gasteiger partial charge in [-0.25, -0.2) is 0 Å². The molecule has 1 nitrogen and oxygen atoms in total. The lowest BCUT2D eigenvalue weighted by molar-refractivity contribution is 0.0914. The number of aliphatic hydroxyl groups is 1. The first-order chi connectivity index (χ1) is 10.1. The van der Waals surface area contributed by atoms with E-state index in [1.807, 2.05) is 42.5 Å². The number of halogens is 1. The third-order valence-corrected chi connectivity index (χ3v) is 3.47. The fraction of sp³-hybridized carbons (Fsp3) is 0.158. The van der Waals surface area contributed by atoms with E-state index in [9.17, 15) is 5.11 Å². The zero-order chi connectivity index (χ0) is 15.1. The van der Waals surface area contributed by atoms with E-state index in [0.717, 1.165) is 11.1 Å². The number of hydrogen-bond donors (Lipinski definition) is 1. The van der Waals surface area contributed by atoms with Crippen molar-refractivity contribution < 1.29 is 5.11 Å². The highest BCUT2D eigenvalue weighted by atomic mass is 35.5. The molecule has 2 aromatic carbocycles. The molecule has 0 saturated carbocycles. The van der Waals surface area contributed by atoms with Gasteiger partial charge in [0, 0.05) is 10.6 Å². The standard InChI is InChI=1S/C19H17ClO/c1-2-3-14-19(21,17-9-11-18(20)12-10-17)15-13-16-7-5-4-6-8-16/h2,4-12,21H,1,3,14H2. The van der Waals surface area contributed by atoms with Gasteiger partial charge in [-0.15, -0.1) is 6.58 Å². The predicted molar refractivity (Wildman–Crippen MR) is 88.1 cm³/mol. The summed E-state index contributed by atoms with van der Waals surface area (Å²) in [6.07, 6.45) is 2.96. The molecule has 0 spiro atoms. The van der Waals surface area contributed by atoms with Crippen LogP contribution < -0.4 is 0 Å². The van der Waals surface area contributed by atoms with Crippen molar-refractivity contribution in [1.29, 1.82) is 0 Å². The molecule has 0 heterocycles. The van der Waals surface area contributed by atoms with Crippen molar-refractivity contribution >= 4 is 11.6 Å². The second-order valence-corrected chi connectivity index (χ2v) is 5.25. The zero-order valence-electron chi connectivity index (χ0n) is 11.7. The Morgan fingerprint density at radius 3 is 2.38 bits per heavy atom. The van der Waals surface area contributed by atoms with Crippen molar-refractivity contribution in [3.8, 4) is 11.8 Å². The van der Waals surface area contributed by atoms with Gasteiger partial charge < -0.3 is 5.11 Å². The predicted octanol–water partition coefficient (Wildman–Crippen LogP) is 4.55. The van der Waals surface area contributed by atoms with Crippen LogP contribution in [0.3, 0.4) is 0 Å². The van der Waals surface area contributed by atoms with Crippen molar-refractivity contribution in [1.82, 2.24) is 0 Å².